The van der Waals surface area contributed by atoms with E-state index in [4.69, 9.17) is 26.8 Å². The molecule has 3 aliphatic heterocycles. The van der Waals surface area contributed by atoms with Gasteiger partial charge < -0.3 is 40.5 Å². The number of carbonyl (C=O) groups is 4. The molecule has 306 valence electrons. The molecule has 3 aliphatic rings. The number of fused-ring (bicyclic) bond motifs is 1. The van der Waals surface area contributed by atoms with Crippen molar-refractivity contribution >= 4 is 58.2 Å². The number of nitrogens with one attached hydrogen (secondary N) is 2. The summed E-state index contributed by atoms with van der Waals surface area (Å²) >= 11 is 6.12. The third kappa shape index (κ3) is 10.2. The van der Waals surface area contributed by atoms with Crippen molar-refractivity contribution in [3.63, 3.8) is 0 Å². The van der Waals surface area contributed by atoms with E-state index in [1.807, 2.05) is 41.3 Å². The molecule has 2 atom stereocenters. The number of nitrogens with zero attached hydrogens (tertiary/aromatic N) is 3. The molecule has 0 saturated carbocycles. The van der Waals surface area contributed by atoms with Gasteiger partial charge in [-0.3, -0.25) is 9.59 Å². The SMILES string of the molecule is CCCCCCOC(=O)c1ccc(N2CCN(C(=O)[C@@H](Cc3cc(Cl)c(N)c(C(F)(F)F)c3)OC(=O)N3CCC(C4Nc5ccccc5NC4=O)CC3)CC2)cc1. The Balaban J connectivity index is 1.09. The van der Waals surface area contributed by atoms with E-state index in [2.05, 4.69) is 17.6 Å². The van der Waals surface area contributed by atoms with Gasteiger partial charge in [0.1, 0.15) is 6.04 Å². The summed E-state index contributed by atoms with van der Waals surface area (Å²) in [4.78, 5) is 58.1. The summed E-state index contributed by atoms with van der Waals surface area (Å²) in [5, 5.41) is 5.90. The fraction of sp³-hybridized carbons (Fsp3) is 0.463. The van der Waals surface area contributed by atoms with Crippen molar-refractivity contribution in [2.75, 3.05) is 67.1 Å². The number of nitrogen functional groups attached to an aromatic ring is 1. The number of alkyl halides is 3. The number of ether oxygens (including phenoxy) is 2. The van der Waals surface area contributed by atoms with Gasteiger partial charge in [0.2, 0.25) is 5.91 Å². The zero-order chi connectivity index (χ0) is 40.7. The minimum absolute atomic E-state index is 0.0271. The number of likely N-dealkylation sites (tertiary alicyclic amines) is 1. The highest BCUT2D eigenvalue weighted by Gasteiger charge is 2.39. The molecule has 3 aromatic carbocycles. The maximum Gasteiger partial charge on any atom is 0.418 e. The first-order valence-corrected chi connectivity index (χ1v) is 19.8. The van der Waals surface area contributed by atoms with Crippen LogP contribution in [0, 0.1) is 5.92 Å². The van der Waals surface area contributed by atoms with Gasteiger partial charge in [-0.25, -0.2) is 9.59 Å². The number of hydrogen-bond donors (Lipinski definition) is 3. The lowest BCUT2D eigenvalue weighted by Crippen LogP contribution is -2.53. The second kappa shape index (κ2) is 18.4. The van der Waals surface area contributed by atoms with Gasteiger partial charge in [0, 0.05) is 51.4 Å². The smallest absolute Gasteiger partial charge is 0.418 e. The Hall–Kier alpha value is -5.18. The number of anilines is 4. The topological polar surface area (TPSA) is 147 Å². The summed E-state index contributed by atoms with van der Waals surface area (Å²) in [6, 6.07) is 16.0. The molecule has 0 radical (unpaired) electrons. The van der Waals surface area contributed by atoms with Crippen LogP contribution in [0.5, 0.6) is 0 Å². The molecule has 16 heteroatoms. The van der Waals surface area contributed by atoms with Crippen LogP contribution < -0.4 is 21.3 Å². The monoisotopic (exact) mass is 812 g/mol. The Kier molecular flexibility index (Phi) is 13.4. The number of carbonyl (C=O) groups excluding carboxylic acids is 4. The van der Waals surface area contributed by atoms with Crippen LogP contribution in [0.2, 0.25) is 5.02 Å². The molecule has 4 N–H and O–H groups in total. The molecule has 0 aromatic heterocycles. The Bertz CT molecular complexity index is 1920. The zero-order valence-corrected chi connectivity index (χ0v) is 32.5. The number of piperazine rings is 1. The fourth-order valence-corrected chi connectivity index (χ4v) is 7.74. The summed E-state index contributed by atoms with van der Waals surface area (Å²) < 4.78 is 52.8. The van der Waals surface area contributed by atoms with Gasteiger partial charge in [0.25, 0.3) is 5.91 Å². The highest BCUT2D eigenvalue weighted by Crippen LogP contribution is 2.38. The van der Waals surface area contributed by atoms with E-state index in [1.54, 1.807) is 12.1 Å². The van der Waals surface area contributed by atoms with E-state index in [0.29, 0.717) is 43.8 Å². The molecule has 0 spiro atoms. The normalized spacial score (nSPS) is 17.9. The van der Waals surface area contributed by atoms with Crippen LogP contribution in [0.1, 0.15) is 66.9 Å². The fourth-order valence-electron chi connectivity index (χ4n) is 7.50. The van der Waals surface area contributed by atoms with Crippen LogP contribution >= 0.6 is 11.6 Å². The Morgan fingerprint density at radius 2 is 1.60 bits per heavy atom. The van der Waals surface area contributed by atoms with Crippen LogP contribution in [-0.4, -0.2) is 91.7 Å². The van der Waals surface area contributed by atoms with E-state index in [-0.39, 0.29) is 61.0 Å². The predicted molar refractivity (Wildman–Crippen MR) is 211 cm³/mol. The van der Waals surface area contributed by atoms with Crippen LogP contribution in [0.4, 0.5) is 40.7 Å². The Labute approximate surface area is 334 Å². The lowest BCUT2D eigenvalue weighted by Gasteiger charge is -2.39. The minimum Gasteiger partial charge on any atom is -0.462 e. The largest absolute Gasteiger partial charge is 0.462 e. The summed E-state index contributed by atoms with van der Waals surface area (Å²) in [5.74, 6) is -1.19. The standard InChI is InChI=1S/C41H48ClF3N6O6/c1-2-3-4-7-22-56-39(54)28-10-12-29(13-11-28)49-18-20-50(21-19-49)38(53)34(25-26-23-30(41(43,44)45)35(46)31(42)24-26)57-40(55)51-16-14-27(15-17-51)36-37(52)48-33-9-6-5-8-32(33)47-36/h5-6,8-13,23-24,27,34,36,47H,2-4,7,14-22,25,46H2,1H3,(H,48,52)/t34-,36?/m1/s1. The van der Waals surface area contributed by atoms with E-state index in [1.165, 1.54) is 15.9 Å². The molecule has 0 bridgehead atoms. The van der Waals surface area contributed by atoms with Crippen molar-refractivity contribution in [2.45, 2.75) is 70.2 Å². The van der Waals surface area contributed by atoms with Crippen molar-refractivity contribution in [1.29, 1.82) is 0 Å². The van der Waals surface area contributed by atoms with E-state index in [0.717, 1.165) is 43.1 Å². The molecule has 3 amide bonds. The molecule has 2 saturated heterocycles. The molecule has 3 aromatic rings. The van der Waals surface area contributed by atoms with Gasteiger partial charge in [-0.05, 0) is 79.3 Å². The van der Waals surface area contributed by atoms with Gasteiger partial charge in [0.05, 0.1) is 39.8 Å². The van der Waals surface area contributed by atoms with Crippen LogP contribution in [0.25, 0.3) is 0 Å². The number of rotatable bonds is 12. The summed E-state index contributed by atoms with van der Waals surface area (Å²) in [6.07, 6.45) is -2.45. The molecular formula is C41H48ClF3N6O6. The third-order valence-corrected chi connectivity index (χ3v) is 11.1. The van der Waals surface area contributed by atoms with Crippen LogP contribution in [0.15, 0.2) is 60.7 Å². The van der Waals surface area contributed by atoms with E-state index >= 15 is 0 Å². The number of benzene rings is 3. The maximum atomic E-state index is 14.1. The first-order valence-electron chi connectivity index (χ1n) is 19.4. The number of hydrogen-bond acceptors (Lipinski definition) is 9. The van der Waals surface area contributed by atoms with Gasteiger partial charge in [-0.1, -0.05) is 49.9 Å². The van der Waals surface area contributed by atoms with Crippen molar-refractivity contribution in [3.05, 3.63) is 82.4 Å². The highest BCUT2D eigenvalue weighted by atomic mass is 35.5. The van der Waals surface area contributed by atoms with Crippen LogP contribution in [-0.2, 0) is 31.7 Å². The molecular weight excluding hydrogens is 765 g/mol. The minimum atomic E-state index is -4.81. The lowest BCUT2D eigenvalue weighted by atomic mass is 9.87. The van der Waals surface area contributed by atoms with Crippen molar-refractivity contribution in [1.82, 2.24) is 9.80 Å². The first kappa shape index (κ1) is 41.5. The maximum absolute atomic E-state index is 14.1. The summed E-state index contributed by atoms with van der Waals surface area (Å²) in [6.45, 7) is 4.30. The van der Waals surface area contributed by atoms with E-state index < -0.39 is 41.6 Å². The number of unbranched alkanes of at least 4 members (excludes halogenated alkanes) is 3. The predicted octanol–water partition coefficient (Wildman–Crippen LogP) is 7.22. The molecule has 2 fully saturated rings. The first-order chi connectivity index (χ1) is 27.3. The number of esters is 1. The summed E-state index contributed by atoms with van der Waals surface area (Å²) in [5.41, 5.74) is 6.70. The highest BCUT2D eigenvalue weighted by molar-refractivity contribution is 6.33. The number of para-hydroxylation sites is 2. The van der Waals surface area contributed by atoms with Crippen molar-refractivity contribution < 1.29 is 41.8 Å². The Morgan fingerprint density at radius 3 is 2.26 bits per heavy atom. The Morgan fingerprint density at radius 1 is 0.912 bits per heavy atom. The third-order valence-electron chi connectivity index (χ3n) is 10.8. The van der Waals surface area contributed by atoms with Crippen molar-refractivity contribution in [2.24, 2.45) is 5.92 Å². The quantitative estimate of drug-likeness (QED) is 0.0981. The number of amides is 3. The second-order valence-corrected chi connectivity index (χ2v) is 15.1. The van der Waals surface area contributed by atoms with E-state index in [9.17, 15) is 32.3 Å². The number of nitrogens with two attached hydrogens (primary N) is 1. The number of piperidine rings is 1. The van der Waals surface area contributed by atoms with Gasteiger partial charge in [-0.15, -0.1) is 0 Å². The van der Waals surface area contributed by atoms with Gasteiger partial charge in [0.15, 0.2) is 6.10 Å². The molecule has 57 heavy (non-hydrogen) atoms. The number of halogens is 4. The van der Waals surface area contributed by atoms with Gasteiger partial charge in [-0.2, -0.15) is 13.2 Å². The average Bonchev–Trinajstić information content (AvgIpc) is 3.21. The molecule has 12 nitrogen and oxygen atoms in total. The summed E-state index contributed by atoms with van der Waals surface area (Å²) in [7, 11) is 0. The molecule has 3 heterocycles. The average molecular weight is 813 g/mol. The molecule has 6 rings (SSSR count). The molecule has 0 aliphatic carbocycles. The lowest BCUT2D eigenvalue weighted by molar-refractivity contribution is -0.141. The second-order valence-electron chi connectivity index (χ2n) is 14.7. The van der Waals surface area contributed by atoms with Crippen LogP contribution in [0.3, 0.4) is 0 Å². The van der Waals surface area contributed by atoms with Crippen molar-refractivity contribution in [3.8, 4) is 0 Å². The van der Waals surface area contributed by atoms with Gasteiger partial charge >= 0.3 is 18.2 Å². The molecule has 1 unspecified atom stereocenters. The zero-order valence-electron chi connectivity index (χ0n) is 31.8.